The smallest absolute Gasteiger partial charge is 0.144 e. The minimum Gasteiger partial charge on any atom is -0.493 e. The standard InChI is InChI=1S/C16H17BrN2OS/c1-9(2)14-13(17)16(21)19-15(18-14)11-7-8-20-12-6-4-3-5-10(11)12/h3-6,9,11H,7-8H2,1-2H3,(H,18,19,21). The molecule has 2 aromatic rings. The normalized spacial score (nSPS) is 17.4. The van der Waals surface area contributed by atoms with Gasteiger partial charge in [0.05, 0.1) is 11.1 Å². The Morgan fingerprint density at radius 1 is 1.38 bits per heavy atom. The fourth-order valence-corrected chi connectivity index (χ4v) is 3.54. The number of hydrogen-bond acceptors (Lipinski definition) is 3. The van der Waals surface area contributed by atoms with Crippen LogP contribution in [0.15, 0.2) is 28.7 Å². The summed E-state index contributed by atoms with van der Waals surface area (Å²) in [5.41, 5.74) is 2.29. The maximum Gasteiger partial charge on any atom is 0.144 e. The third-order valence-corrected chi connectivity index (χ3v) is 5.14. The molecule has 0 bridgehead atoms. The molecule has 2 heterocycles. The SMILES string of the molecule is CC(C)c1[nH]c(C2CCOc3ccccc32)nc(=S)c1Br. The fraction of sp³-hybridized carbons (Fsp3) is 0.375. The van der Waals surface area contributed by atoms with E-state index in [9.17, 15) is 0 Å². The molecule has 3 rings (SSSR count). The van der Waals surface area contributed by atoms with Gasteiger partial charge in [-0.05, 0) is 34.3 Å². The quantitative estimate of drug-likeness (QED) is 0.766. The Morgan fingerprint density at radius 2 is 2.14 bits per heavy atom. The molecule has 1 aliphatic heterocycles. The largest absolute Gasteiger partial charge is 0.493 e. The number of H-pyrrole nitrogens is 1. The summed E-state index contributed by atoms with van der Waals surface area (Å²) in [7, 11) is 0. The van der Waals surface area contributed by atoms with Crippen molar-refractivity contribution in [1.29, 1.82) is 0 Å². The van der Waals surface area contributed by atoms with Gasteiger partial charge in [0.25, 0.3) is 0 Å². The van der Waals surface area contributed by atoms with E-state index < -0.39 is 0 Å². The van der Waals surface area contributed by atoms with Gasteiger partial charge in [0.2, 0.25) is 0 Å². The van der Waals surface area contributed by atoms with E-state index in [4.69, 9.17) is 17.0 Å². The number of rotatable bonds is 2. The van der Waals surface area contributed by atoms with Crippen molar-refractivity contribution < 1.29 is 4.74 Å². The lowest BCUT2D eigenvalue weighted by Gasteiger charge is -2.26. The molecule has 0 radical (unpaired) electrons. The maximum absolute atomic E-state index is 5.73. The van der Waals surface area contributed by atoms with E-state index in [1.165, 1.54) is 5.56 Å². The van der Waals surface area contributed by atoms with Gasteiger partial charge in [-0.1, -0.05) is 44.3 Å². The van der Waals surface area contributed by atoms with E-state index >= 15 is 0 Å². The molecule has 1 aliphatic rings. The van der Waals surface area contributed by atoms with Crippen molar-refractivity contribution >= 4 is 28.1 Å². The molecule has 5 heteroatoms. The predicted molar refractivity (Wildman–Crippen MR) is 89.6 cm³/mol. The second-order valence-electron chi connectivity index (χ2n) is 5.54. The van der Waals surface area contributed by atoms with Crippen molar-refractivity contribution in [2.24, 2.45) is 0 Å². The highest BCUT2D eigenvalue weighted by atomic mass is 79.9. The van der Waals surface area contributed by atoms with Crippen molar-refractivity contribution in [1.82, 2.24) is 9.97 Å². The van der Waals surface area contributed by atoms with Gasteiger partial charge in [-0.15, -0.1) is 0 Å². The van der Waals surface area contributed by atoms with Crippen LogP contribution in [0.5, 0.6) is 5.75 Å². The Morgan fingerprint density at radius 3 is 2.90 bits per heavy atom. The van der Waals surface area contributed by atoms with Crippen LogP contribution < -0.4 is 4.74 Å². The highest BCUT2D eigenvalue weighted by Crippen LogP contribution is 2.37. The molecule has 0 fully saturated rings. The van der Waals surface area contributed by atoms with Gasteiger partial charge in [-0.3, -0.25) is 0 Å². The van der Waals surface area contributed by atoms with Crippen molar-refractivity contribution in [2.45, 2.75) is 32.1 Å². The second-order valence-corrected chi connectivity index (χ2v) is 6.72. The minimum absolute atomic E-state index is 0.210. The van der Waals surface area contributed by atoms with Gasteiger partial charge >= 0.3 is 0 Å². The molecule has 0 spiro atoms. The van der Waals surface area contributed by atoms with Crippen LogP contribution in [0, 0.1) is 4.64 Å². The first-order chi connectivity index (χ1) is 10.1. The summed E-state index contributed by atoms with van der Waals surface area (Å²) in [5.74, 6) is 2.45. The van der Waals surface area contributed by atoms with Gasteiger partial charge < -0.3 is 9.72 Å². The molecular weight excluding hydrogens is 348 g/mol. The third-order valence-electron chi connectivity index (χ3n) is 3.77. The monoisotopic (exact) mass is 364 g/mol. The number of fused-ring (bicyclic) bond motifs is 1. The molecule has 0 saturated heterocycles. The first-order valence-electron chi connectivity index (χ1n) is 7.09. The van der Waals surface area contributed by atoms with Crippen LogP contribution in [0.4, 0.5) is 0 Å². The lowest BCUT2D eigenvalue weighted by atomic mass is 9.92. The molecule has 1 unspecified atom stereocenters. The molecular formula is C16H17BrN2OS. The van der Waals surface area contributed by atoms with Crippen LogP contribution in [0.1, 0.15) is 49.2 Å². The molecule has 21 heavy (non-hydrogen) atoms. The summed E-state index contributed by atoms with van der Waals surface area (Å²) in [6, 6.07) is 8.16. The number of ether oxygens (including phenoxy) is 1. The Bertz CT molecular complexity index is 726. The number of aromatic amines is 1. The highest BCUT2D eigenvalue weighted by molar-refractivity contribution is 9.10. The molecule has 1 aromatic heterocycles. The third kappa shape index (κ3) is 2.77. The van der Waals surface area contributed by atoms with Crippen LogP contribution in [0.3, 0.4) is 0 Å². The molecule has 0 aliphatic carbocycles. The van der Waals surface area contributed by atoms with Crippen molar-refractivity contribution in [3.63, 3.8) is 0 Å². The number of para-hydroxylation sites is 1. The highest BCUT2D eigenvalue weighted by Gasteiger charge is 2.25. The number of nitrogens with zero attached hydrogens (tertiary/aromatic N) is 1. The number of halogens is 1. The zero-order valence-corrected chi connectivity index (χ0v) is 14.4. The summed E-state index contributed by atoms with van der Waals surface area (Å²) in [6.45, 7) is 5.00. The van der Waals surface area contributed by atoms with E-state index in [0.717, 1.165) is 28.2 Å². The first-order valence-corrected chi connectivity index (χ1v) is 8.29. The van der Waals surface area contributed by atoms with E-state index in [1.54, 1.807) is 0 Å². The maximum atomic E-state index is 5.73. The van der Waals surface area contributed by atoms with Crippen molar-refractivity contribution in [2.75, 3.05) is 6.61 Å². The van der Waals surface area contributed by atoms with Crippen LogP contribution in [-0.4, -0.2) is 16.6 Å². The topological polar surface area (TPSA) is 37.9 Å². The van der Waals surface area contributed by atoms with Gasteiger partial charge in [0.15, 0.2) is 0 Å². The van der Waals surface area contributed by atoms with Crippen LogP contribution in [0.25, 0.3) is 0 Å². The van der Waals surface area contributed by atoms with Gasteiger partial charge in [-0.2, -0.15) is 0 Å². The fourth-order valence-electron chi connectivity index (χ4n) is 2.68. The predicted octanol–water partition coefficient (Wildman–Crippen LogP) is 4.94. The zero-order chi connectivity index (χ0) is 15.0. The summed E-state index contributed by atoms with van der Waals surface area (Å²) >= 11 is 8.95. The Balaban J connectivity index is 2.12. The van der Waals surface area contributed by atoms with Crippen LogP contribution in [0.2, 0.25) is 0 Å². The summed E-state index contributed by atoms with van der Waals surface area (Å²) in [4.78, 5) is 8.08. The average Bonchev–Trinajstić information content (AvgIpc) is 2.49. The molecule has 1 atom stereocenters. The molecule has 110 valence electrons. The number of aromatic nitrogens is 2. The summed E-state index contributed by atoms with van der Waals surface area (Å²) in [6.07, 6.45) is 0.911. The first kappa shape index (κ1) is 14.7. The average molecular weight is 365 g/mol. The van der Waals surface area contributed by atoms with Gasteiger partial charge in [0, 0.05) is 17.2 Å². The minimum atomic E-state index is 0.210. The Labute approximate surface area is 137 Å². The Hall–Kier alpha value is -1.20. The summed E-state index contributed by atoms with van der Waals surface area (Å²) in [5, 5.41) is 0. The lowest BCUT2D eigenvalue weighted by molar-refractivity contribution is 0.274. The number of hydrogen-bond donors (Lipinski definition) is 1. The van der Waals surface area contributed by atoms with E-state index in [2.05, 4.69) is 45.8 Å². The van der Waals surface area contributed by atoms with Gasteiger partial charge in [0.1, 0.15) is 16.2 Å². The molecule has 1 aromatic carbocycles. The zero-order valence-electron chi connectivity index (χ0n) is 12.0. The molecule has 3 nitrogen and oxygen atoms in total. The Kier molecular flexibility index (Phi) is 4.13. The molecule has 0 amide bonds. The lowest BCUT2D eigenvalue weighted by Crippen LogP contribution is -2.18. The van der Waals surface area contributed by atoms with E-state index in [-0.39, 0.29) is 5.92 Å². The van der Waals surface area contributed by atoms with Crippen LogP contribution in [-0.2, 0) is 0 Å². The number of nitrogens with one attached hydrogen (secondary N) is 1. The second kappa shape index (κ2) is 5.89. The van der Waals surface area contributed by atoms with Gasteiger partial charge in [-0.25, -0.2) is 4.98 Å². The van der Waals surface area contributed by atoms with Crippen molar-refractivity contribution in [3.8, 4) is 5.75 Å². The molecule has 1 N–H and O–H groups in total. The van der Waals surface area contributed by atoms with E-state index in [0.29, 0.717) is 17.2 Å². The molecule has 0 saturated carbocycles. The number of benzene rings is 1. The van der Waals surface area contributed by atoms with Crippen molar-refractivity contribution in [3.05, 3.63) is 50.5 Å². The van der Waals surface area contributed by atoms with Crippen LogP contribution >= 0.6 is 28.1 Å². The van der Waals surface area contributed by atoms with E-state index in [1.807, 2.05) is 18.2 Å². The summed E-state index contributed by atoms with van der Waals surface area (Å²) < 4.78 is 7.25.